The molecule has 1 amide bonds. The number of ether oxygens (including phenoxy) is 1. The van der Waals surface area contributed by atoms with Crippen molar-refractivity contribution in [1.82, 2.24) is 10.2 Å². The molecule has 2 aromatic carbocycles. The van der Waals surface area contributed by atoms with Gasteiger partial charge in [-0.25, -0.2) is 0 Å². The minimum atomic E-state index is -0.114. The third kappa shape index (κ3) is 7.70. The van der Waals surface area contributed by atoms with Crippen LogP contribution >= 0.6 is 0 Å². The lowest BCUT2D eigenvalue weighted by atomic mass is 10.1. The summed E-state index contributed by atoms with van der Waals surface area (Å²) in [7, 11) is 0. The fourth-order valence-electron chi connectivity index (χ4n) is 3.03. The maximum atomic E-state index is 12.2. The number of carbonyl (C=O) groups excluding carboxylic acids is 2. The molecule has 2 aromatic rings. The number of hydrogen-bond donors (Lipinski definition) is 1. The Bertz CT molecular complexity index is 766. The lowest BCUT2D eigenvalue weighted by Crippen LogP contribution is -2.23. The van der Waals surface area contributed by atoms with Crippen LogP contribution in [-0.2, 0) is 17.9 Å². The van der Waals surface area contributed by atoms with Gasteiger partial charge in [-0.2, -0.15) is 0 Å². The largest absolute Gasteiger partial charge is 0.494 e. The molecule has 0 aliphatic heterocycles. The Morgan fingerprint density at radius 3 is 2.07 bits per heavy atom. The zero-order valence-electron chi connectivity index (χ0n) is 17.7. The van der Waals surface area contributed by atoms with Gasteiger partial charge in [-0.05, 0) is 55.4 Å². The average molecular weight is 397 g/mol. The second-order valence-electron chi connectivity index (χ2n) is 6.94. The van der Waals surface area contributed by atoms with Crippen molar-refractivity contribution in [1.29, 1.82) is 0 Å². The molecule has 0 bridgehead atoms. The van der Waals surface area contributed by atoms with E-state index in [1.165, 1.54) is 5.56 Å². The third-order valence-electron chi connectivity index (χ3n) is 4.88. The summed E-state index contributed by atoms with van der Waals surface area (Å²) in [5.41, 5.74) is 2.93. The van der Waals surface area contributed by atoms with E-state index in [2.05, 4.69) is 36.2 Å². The van der Waals surface area contributed by atoms with Gasteiger partial charge >= 0.3 is 0 Å². The van der Waals surface area contributed by atoms with Crippen molar-refractivity contribution in [3.05, 3.63) is 65.2 Å². The lowest BCUT2D eigenvalue weighted by molar-refractivity contribution is -0.121. The number of carbonyl (C=O) groups is 2. The molecule has 0 atom stereocenters. The molecule has 5 heteroatoms. The van der Waals surface area contributed by atoms with E-state index < -0.39 is 0 Å². The first kappa shape index (κ1) is 22.6. The van der Waals surface area contributed by atoms with E-state index in [4.69, 9.17) is 4.74 Å². The first-order valence-electron chi connectivity index (χ1n) is 10.4. The summed E-state index contributed by atoms with van der Waals surface area (Å²) < 4.78 is 5.37. The maximum Gasteiger partial charge on any atom is 0.220 e. The molecule has 0 aliphatic rings. The molecule has 156 valence electrons. The van der Waals surface area contributed by atoms with Crippen LogP contribution in [0.5, 0.6) is 5.75 Å². The molecule has 0 spiro atoms. The minimum Gasteiger partial charge on any atom is -0.494 e. The van der Waals surface area contributed by atoms with Gasteiger partial charge < -0.3 is 10.1 Å². The van der Waals surface area contributed by atoms with Gasteiger partial charge in [-0.3, -0.25) is 14.5 Å². The van der Waals surface area contributed by atoms with Gasteiger partial charge in [-0.1, -0.05) is 38.1 Å². The lowest BCUT2D eigenvalue weighted by Gasteiger charge is -2.18. The molecule has 0 radical (unpaired) electrons. The summed E-state index contributed by atoms with van der Waals surface area (Å²) in [6.45, 7) is 10.3. The van der Waals surface area contributed by atoms with Crippen molar-refractivity contribution < 1.29 is 14.3 Å². The Morgan fingerprint density at radius 2 is 1.48 bits per heavy atom. The van der Waals surface area contributed by atoms with Gasteiger partial charge in [-0.15, -0.1) is 0 Å². The van der Waals surface area contributed by atoms with Gasteiger partial charge in [0.2, 0.25) is 5.91 Å². The first-order chi connectivity index (χ1) is 14.0. The van der Waals surface area contributed by atoms with E-state index in [0.29, 0.717) is 18.7 Å². The molecule has 0 fully saturated rings. The predicted octanol–water partition coefficient (Wildman–Crippen LogP) is 4.21. The van der Waals surface area contributed by atoms with Gasteiger partial charge in [0.25, 0.3) is 0 Å². The van der Waals surface area contributed by atoms with Crippen LogP contribution in [0.15, 0.2) is 48.5 Å². The molecule has 0 unspecified atom stereocenters. The summed E-state index contributed by atoms with van der Waals surface area (Å²) in [5.74, 6) is 0.588. The SMILES string of the molecule is CCOc1ccc(C(=O)CCC(=O)NCc2ccc(CN(CC)CC)cc2)cc1. The van der Waals surface area contributed by atoms with E-state index in [-0.39, 0.29) is 24.5 Å². The van der Waals surface area contributed by atoms with Crippen LogP contribution in [0.2, 0.25) is 0 Å². The van der Waals surface area contributed by atoms with Crippen molar-refractivity contribution in [2.75, 3.05) is 19.7 Å². The van der Waals surface area contributed by atoms with E-state index in [9.17, 15) is 9.59 Å². The van der Waals surface area contributed by atoms with E-state index in [1.807, 2.05) is 19.1 Å². The van der Waals surface area contributed by atoms with Gasteiger partial charge in [0.15, 0.2) is 5.78 Å². The zero-order chi connectivity index (χ0) is 21.1. The van der Waals surface area contributed by atoms with Crippen molar-refractivity contribution >= 4 is 11.7 Å². The highest BCUT2D eigenvalue weighted by atomic mass is 16.5. The monoisotopic (exact) mass is 396 g/mol. The number of nitrogens with zero attached hydrogens (tertiary/aromatic N) is 1. The predicted molar refractivity (Wildman–Crippen MR) is 116 cm³/mol. The number of nitrogens with one attached hydrogen (secondary N) is 1. The Hall–Kier alpha value is -2.66. The number of benzene rings is 2. The summed E-state index contributed by atoms with van der Waals surface area (Å²) in [6, 6.07) is 15.3. The smallest absolute Gasteiger partial charge is 0.220 e. The van der Waals surface area contributed by atoms with Crippen molar-refractivity contribution in [3.63, 3.8) is 0 Å². The van der Waals surface area contributed by atoms with Crippen LogP contribution < -0.4 is 10.1 Å². The molecule has 0 heterocycles. The second kappa shape index (κ2) is 12.0. The molecule has 0 saturated heterocycles. The van der Waals surface area contributed by atoms with E-state index >= 15 is 0 Å². The van der Waals surface area contributed by atoms with Crippen LogP contribution in [0.1, 0.15) is 55.1 Å². The standard InChI is InChI=1S/C24H32N2O3/c1-4-26(5-2)18-20-9-7-19(8-10-20)17-25-24(28)16-15-23(27)21-11-13-22(14-12-21)29-6-3/h7-14H,4-6,15-18H2,1-3H3,(H,25,28). The fourth-order valence-corrected chi connectivity index (χ4v) is 3.03. The zero-order valence-corrected chi connectivity index (χ0v) is 17.7. The minimum absolute atomic E-state index is 0.0380. The van der Waals surface area contributed by atoms with Crippen LogP contribution in [0, 0.1) is 0 Å². The van der Waals surface area contributed by atoms with Crippen LogP contribution in [0.25, 0.3) is 0 Å². The summed E-state index contributed by atoms with van der Waals surface area (Å²) in [6.07, 6.45) is 0.384. The normalized spacial score (nSPS) is 10.8. The Balaban J connectivity index is 1.74. The number of hydrogen-bond acceptors (Lipinski definition) is 4. The van der Waals surface area contributed by atoms with Crippen molar-refractivity contribution in [2.24, 2.45) is 0 Å². The van der Waals surface area contributed by atoms with E-state index in [0.717, 1.165) is 30.9 Å². The summed E-state index contributed by atoms with van der Waals surface area (Å²) in [5, 5.41) is 2.89. The number of amides is 1. The quantitative estimate of drug-likeness (QED) is 0.546. The van der Waals surface area contributed by atoms with Crippen molar-refractivity contribution in [2.45, 2.75) is 46.7 Å². The molecular weight excluding hydrogens is 364 g/mol. The topological polar surface area (TPSA) is 58.6 Å². The van der Waals surface area contributed by atoms with Crippen LogP contribution in [-0.4, -0.2) is 36.3 Å². The molecule has 1 N–H and O–H groups in total. The van der Waals surface area contributed by atoms with Gasteiger partial charge in [0.1, 0.15) is 5.75 Å². The molecule has 2 rings (SSSR count). The number of ketones is 1. The number of Topliss-reactive ketones (excluding diaryl/α,β-unsaturated/α-hetero) is 1. The molecular formula is C24H32N2O3. The summed E-state index contributed by atoms with van der Waals surface area (Å²) in [4.78, 5) is 26.7. The highest BCUT2D eigenvalue weighted by Gasteiger charge is 2.10. The highest BCUT2D eigenvalue weighted by molar-refractivity contribution is 5.98. The maximum absolute atomic E-state index is 12.2. The van der Waals surface area contributed by atoms with E-state index in [1.54, 1.807) is 24.3 Å². The van der Waals surface area contributed by atoms with Gasteiger partial charge in [0.05, 0.1) is 6.61 Å². The highest BCUT2D eigenvalue weighted by Crippen LogP contribution is 2.14. The average Bonchev–Trinajstić information content (AvgIpc) is 2.76. The fraction of sp³-hybridized carbons (Fsp3) is 0.417. The molecule has 29 heavy (non-hydrogen) atoms. The molecule has 0 aliphatic carbocycles. The van der Waals surface area contributed by atoms with Crippen LogP contribution in [0.4, 0.5) is 0 Å². The van der Waals surface area contributed by atoms with Crippen LogP contribution in [0.3, 0.4) is 0 Å². The second-order valence-corrected chi connectivity index (χ2v) is 6.94. The van der Waals surface area contributed by atoms with Crippen molar-refractivity contribution in [3.8, 4) is 5.75 Å². The Kier molecular flexibility index (Phi) is 9.38. The molecule has 0 aromatic heterocycles. The summed E-state index contributed by atoms with van der Waals surface area (Å²) >= 11 is 0. The third-order valence-corrected chi connectivity index (χ3v) is 4.88. The molecule has 5 nitrogen and oxygen atoms in total. The molecule has 0 saturated carbocycles. The first-order valence-corrected chi connectivity index (χ1v) is 10.4. The number of rotatable bonds is 12. The Morgan fingerprint density at radius 1 is 0.862 bits per heavy atom. The van der Waals surface area contributed by atoms with Gasteiger partial charge in [0, 0.05) is 31.5 Å². The Labute approximate surface area is 174 Å².